The molecule has 1 aromatic heterocycles. The van der Waals surface area contributed by atoms with Crippen LogP contribution in [0.4, 0.5) is 0 Å². The summed E-state index contributed by atoms with van der Waals surface area (Å²) in [5.74, 6) is 1.81. The Morgan fingerprint density at radius 2 is 2.08 bits per heavy atom. The molecule has 0 spiro atoms. The summed E-state index contributed by atoms with van der Waals surface area (Å²) in [6.45, 7) is 4.96. The molecule has 0 fully saturated rings. The van der Waals surface area contributed by atoms with Crippen LogP contribution in [0.15, 0.2) is 58.8 Å². The van der Waals surface area contributed by atoms with E-state index in [4.69, 9.17) is 15.9 Å². The zero-order valence-electron chi connectivity index (χ0n) is 14.2. The molecule has 134 valence electrons. The Bertz CT molecular complexity index is 937. The lowest BCUT2D eigenvalue weighted by molar-refractivity contribution is -0.0327. The number of nitrogens with zero attached hydrogens (tertiary/aromatic N) is 1. The number of aromatic nitrogens is 2. The van der Waals surface area contributed by atoms with Crippen molar-refractivity contribution >= 4 is 5.97 Å². The van der Waals surface area contributed by atoms with Crippen molar-refractivity contribution in [2.45, 2.75) is 19.3 Å². The van der Waals surface area contributed by atoms with Crippen LogP contribution in [0.25, 0.3) is 0 Å². The van der Waals surface area contributed by atoms with Gasteiger partial charge in [-0.25, -0.2) is 9.59 Å². The molecule has 1 N–H and O–H groups in total. The predicted molar refractivity (Wildman–Crippen MR) is 95.7 cm³/mol. The molecule has 0 amide bonds. The van der Waals surface area contributed by atoms with Crippen molar-refractivity contribution in [2.75, 3.05) is 6.61 Å². The summed E-state index contributed by atoms with van der Waals surface area (Å²) in [5.41, 5.74) is -0.439. The number of nitrogens with one attached hydrogen (secondary N) is 1. The molecule has 0 radical (unpaired) electrons. The highest BCUT2D eigenvalue weighted by Crippen LogP contribution is 2.11. The van der Waals surface area contributed by atoms with E-state index in [1.165, 1.54) is 12.3 Å². The van der Waals surface area contributed by atoms with Gasteiger partial charge in [0.15, 0.2) is 12.3 Å². The molecule has 7 nitrogen and oxygen atoms in total. The maximum absolute atomic E-state index is 12.0. The topological polar surface area (TPSA) is 90.4 Å². The molecular formula is C19H18N2O5. The van der Waals surface area contributed by atoms with Gasteiger partial charge in [0.05, 0.1) is 5.56 Å². The lowest BCUT2D eigenvalue weighted by atomic mass is 10.2. The van der Waals surface area contributed by atoms with Gasteiger partial charge >= 0.3 is 11.7 Å². The molecule has 0 aliphatic rings. The first-order valence-corrected chi connectivity index (χ1v) is 7.74. The molecule has 7 heteroatoms. The molecular weight excluding hydrogens is 336 g/mol. The van der Waals surface area contributed by atoms with Crippen LogP contribution in [0.5, 0.6) is 0 Å². The first-order valence-electron chi connectivity index (χ1n) is 7.74. The average Bonchev–Trinajstić information content (AvgIpc) is 2.66. The summed E-state index contributed by atoms with van der Waals surface area (Å²) in [7, 11) is 0. The Morgan fingerprint density at radius 3 is 2.69 bits per heavy atom. The quantitative estimate of drug-likeness (QED) is 0.461. The van der Waals surface area contributed by atoms with E-state index in [2.05, 4.69) is 17.5 Å². The average molecular weight is 354 g/mol. The zero-order valence-corrected chi connectivity index (χ0v) is 14.2. The molecule has 26 heavy (non-hydrogen) atoms. The van der Waals surface area contributed by atoms with Gasteiger partial charge in [-0.1, -0.05) is 30.7 Å². The maximum atomic E-state index is 12.0. The number of carbonyl (C=O) groups excluding carboxylic acids is 1. The van der Waals surface area contributed by atoms with Crippen molar-refractivity contribution in [2.24, 2.45) is 0 Å². The number of esters is 1. The SMILES string of the molecule is C#CC(COC(=O)c1ccccc1)OC(C=C)n1cc(C)c(=O)[nH]c1=O. The third kappa shape index (κ3) is 4.59. The van der Waals surface area contributed by atoms with Crippen LogP contribution in [0, 0.1) is 19.3 Å². The molecule has 0 aliphatic carbocycles. The smallest absolute Gasteiger partial charge is 0.338 e. The first-order chi connectivity index (χ1) is 12.5. The Hall–Kier alpha value is -3.37. The molecule has 0 saturated carbocycles. The Morgan fingerprint density at radius 1 is 1.38 bits per heavy atom. The minimum atomic E-state index is -0.936. The minimum absolute atomic E-state index is 0.203. The number of benzene rings is 1. The second-order valence-corrected chi connectivity index (χ2v) is 5.36. The van der Waals surface area contributed by atoms with E-state index in [0.717, 1.165) is 4.57 Å². The van der Waals surface area contributed by atoms with Crippen LogP contribution in [-0.2, 0) is 9.47 Å². The van der Waals surface area contributed by atoms with Gasteiger partial charge < -0.3 is 9.47 Å². The summed E-state index contributed by atoms with van der Waals surface area (Å²) in [4.78, 5) is 37.6. The lowest BCUT2D eigenvalue weighted by Gasteiger charge is -2.21. The highest BCUT2D eigenvalue weighted by atomic mass is 16.6. The van der Waals surface area contributed by atoms with Crippen LogP contribution in [0.1, 0.15) is 22.1 Å². The molecule has 0 saturated heterocycles. The van der Waals surface area contributed by atoms with Crippen molar-refractivity contribution in [3.8, 4) is 12.3 Å². The Balaban J connectivity index is 2.08. The number of carbonyl (C=O) groups is 1. The molecule has 2 aromatic rings. The second kappa shape index (κ2) is 8.65. The van der Waals surface area contributed by atoms with E-state index in [1.807, 2.05) is 0 Å². The van der Waals surface area contributed by atoms with Crippen molar-refractivity contribution < 1.29 is 14.3 Å². The van der Waals surface area contributed by atoms with Gasteiger partial charge in [0.1, 0.15) is 6.61 Å². The number of H-pyrrole nitrogens is 1. The fourth-order valence-corrected chi connectivity index (χ4v) is 2.11. The molecule has 1 aromatic carbocycles. The van der Waals surface area contributed by atoms with E-state index >= 15 is 0 Å². The summed E-state index contributed by atoms with van der Waals surface area (Å²) in [5, 5.41) is 0. The maximum Gasteiger partial charge on any atom is 0.338 e. The van der Waals surface area contributed by atoms with Crippen LogP contribution in [-0.4, -0.2) is 28.2 Å². The molecule has 0 aliphatic heterocycles. The van der Waals surface area contributed by atoms with E-state index in [0.29, 0.717) is 11.1 Å². The fourth-order valence-electron chi connectivity index (χ4n) is 2.11. The van der Waals surface area contributed by atoms with Gasteiger partial charge in [0, 0.05) is 11.8 Å². The molecule has 2 rings (SSSR count). The van der Waals surface area contributed by atoms with E-state index < -0.39 is 29.6 Å². The fraction of sp³-hybridized carbons (Fsp3) is 0.211. The molecule has 1 heterocycles. The van der Waals surface area contributed by atoms with Gasteiger partial charge in [0.25, 0.3) is 5.56 Å². The Labute approximate surface area is 149 Å². The number of hydrogen-bond donors (Lipinski definition) is 1. The summed E-state index contributed by atoms with van der Waals surface area (Å²) < 4.78 is 11.9. The van der Waals surface area contributed by atoms with Crippen molar-refractivity contribution in [1.82, 2.24) is 9.55 Å². The highest BCUT2D eigenvalue weighted by molar-refractivity contribution is 5.89. The zero-order chi connectivity index (χ0) is 19.1. The van der Waals surface area contributed by atoms with Crippen molar-refractivity contribution in [3.63, 3.8) is 0 Å². The number of hydrogen-bond acceptors (Lipinski definition) is 5. The molecule has 2 atom stereocenters. The lowest BCUT2D eigenvalue weighted by Crippen LogP contribution is -2.35. The van der Waals surface area contributed by atoms with Gasteiger partial charge in [-0.05, 0) is 25.1 Å². The third-order valence-corrected chi connectivity index (χ3v) is 3.49. The number of terminal acetylenes is 1. The van der Waals surface area contributed by atoms with Crippen molar-refractivity contribution in [3.05, 3.63) is 81.1 Å². The van der Waals surface area contributed by atoms with E-state index in [1.54, 1.807) is 37.3 Å². The number of aryl methyl sites for hydroxylation is 1. The third-order valence-electron chi connectivity index (χ3n) is 3.49. The van der Waals surface area contributed by atoms with Gasteiger partial charge in [-0.2, -0.15) is 0 Å². The number of aromatic amines is 1. The van der Waals surface area contributed by atoms with Crippen LogP contribution in [0.2, 0.25) is 0 Å². The normalized spacial score (nSPS) is 12.6. The predicted octanol–water partition coefficient (Wildman–Crippen LogP) is 1.41. The van der Waals surface area contributed by atoms with Crippen LogP contribution < -0.4 is 11.2 Å². The molecule has 0 bridgehead atoms. The van der Waals surface area contributed by atoms with Crippen LogP contribution in [0.3, 0.4) is 0 Å². The minimum Gasteiger partial charge on any atom is -0.458 e. The number of rotatable bonds is 7. The largest absolute Gasteiger partial charge is 0.458 e. The standard InChI is InChI=1S/C19H18N2O5/c1-4-15(12-25-18(23)14-9-7-6-8-10-14)26-16(5-2)21-11-13(3)17(22)20-19(21)24/h1,5-11,15-16H,2,12H2,3H3,(H,20,22,24). The van der Waals surface area contributed by atoms with Gasteiger partial charge in [-0.3, -0.25) is 14.3 Å². The second-order valence-electron chi connectivity index (χ2n) is 5.36. The summed E-state index contributed by atoms with van der Waals surface area (Å²) in [6, 6.07) is 8.43. The molecule has 2 unspecified atom stereocenters. The van der Waals surface area contributed by atoms with Gasteiger partial charge in [0.2, 0.25) is 0 Å². The first kappa shape index (κ1) is 19.0. The highest BCUT2D eigenvalue weighted by Gasteiger charge is 2.18. The van der Waals surface area contributed by atoms with Crippen molar-refractivity contribution in [1.29, 1.82) is 0 Å². The van der Waals surface area contributed by atoms with Gasteiger partial charge in [-0.15, -0.1) is 6.42 Å². The summed E-state index contributed by atoms with van der Waals surface area (Å²) in [6.07, 6.45) is 6.27. The van der Waals surface area contributed by atoms with E-state index in [9.17, 15) is 14.4 Å². The monoisotopic (exact) mass is 354 g/mol. The Kier molecular flexibility index (Phi) is 6.31. The summed E-state index contributed by atoms with van der Waals surface area (Å²) >= 11 is 0. The van der Waals surface area contributed by atoms with Crippen LogP contribution >= 0.6 is 0 Å². The van der Waals surface area contributed by atoms with E-state index in [-0.39, 0.29) is 6.61 Å². The number of ether oxygens (including phenoxy) is 2.